The Morgan fingerprint density at radius 2 is 1.80 bits per heavy atom. The van der Waals surface area contributed by atoms with Gasteiger partial charge in [-0.25, -0.2) is 4.57 Å². The van der Waals surface area contributed by atoms with Gasteiger partial charge in [-0.3, -0.25) is 0 Å². The zero-order valence-electron chi connectivity index (χ0n) is 16.5. The lowest BCUT2D eigenvalue weighted by atomic mass is 10.2. The summed E-state index contributed by atoms with van der Waals surface area (Å²) >= 11 is 5.23. The monoisotopic (exact) mass is 482 g/mol. The van der Waals surface area contributed by atoms with Gasteiger partial charge in [-0.2, -0.15) is 0 Å². The fourth-order valence-electron chi connectivity index (χ4n) is 3.65. The van der Waals surface area contributed by atoms with Crippen molar-refractivity contribution in [2.45, 2.75) is 11.7 Å². The van der Waals surface area contributed by atoms with Crippen molar-refractivity contribution >= 4 is 37.8 Å². The van der Waals surface area contributed by atoms with E-state index in [9.17, 15) is 0 Å². The number of ether oxygens (including phenoxy) is 1. The van der Waals surface area contributed by atoms with Gasteiger partial charge in [-0.15, -0.1) is 5.10 Å². The summed E-state index contributed by atoms with van der Waals surface area (Å²) in [6.07, 6.45) is 4.33. The molecule has 0 unspecified atom stereocenters. The normalized spacial score (nSPS) is 15.3. The van der Waals surface area contributed by atoms with E-state index in [4.69, 9.17) is 4.74 Å². The highest BCUT2D eigenvalue weighted by Gasteiger charge is 2.33. The molecule has 0 saturated heterocycles. The summed E-state index contributed by atoms with van der Waals surface area (Å²) in [4.78, 5) is 6.02. The van der Waals surface area contributed by atoms with Crippen LogP contribution in [0.3, 0.4) is 0 Å². The standard InChI is InChI=1S/C22H21BrN5OS/c1-29-19-8-6-18(7-9-19)27-12-10-26(11-13-27)14-20-15-28-21(24-25-22(28)30-20)16-2-4-17(23)5-3-16/h2-10,12H,11,13-15H2,1H3/q+1. The number of benzene rings is 2. The van der Waals surface area contributed by atoms with Crippen molar-refractivity contribution in [3.8, 4) is 17.1 Å². The van der Waals surface area contributed by atoms with Crippen LogP contribution in [0.5, 0.6) is 5.75 Å². The summed E-state index contributed by atoms with van der Waals surface area (Å²) in [5.74, 6) is 1.81. The predicted molar refractivity (Wildman–Crippen MR) is 125 cm³/mol. The lowest BCUT2D eigenvalue weighted by Gasteiger charge is -2.30. The first kappa shape index (κ1) is 19.3. The molecule has 3 heterocycles. The molecule has 0 spiro atoms. The summed E-state index contributed by atoms with van der Waals surface area (Å²) in [6, 6.07) is 16.4. The number of rotatable bonds is 5. The smallest absolute Gasteiger partial charge is 0.423 e. The van der Waals surface area contributed by atoms with Gasteiger partial charge in [-0.05, 0) is 36.4 Å². The van der Waals surface area contributed by atoms with Gasteiger partial charge >= 0.3 is 5.16 Å². The maximum Gasteiger partial charge on any atom is 0.423 e. The average molecular weight is 483 g/mol. The number of halogens is 1. The highest BCUT2D eigenvalue weighted by atomic mass is 79.9. The number of hydrogen-bond donors (Lipinski definition) is 0. The van der Waals surface area contributed by atoms with Crippen molar-refractivity contribution in [1.29, 1.82) is 0 Å². The molecule has 0 atom stereocenters. The quantitative estimate of drug-likeness (QED) is 0.410. The van der Waals surface area contributed by atoms with Crippen LogP contribution in [0, 0.1) is 0 Å². The molecular formula is C22H21BrN5OS+. The molecule has 2 aliphatic heterocycles. The Kier molecular flexibility index (Phi) is 5.26. The van der Waals surface area contributed by atoms with Crippen molar-refractivity contribution in [2.75, 3.05) is 31.6 Å². The van der Waals surface area contributed by atoms with Crippen LogP contribution in [-0.4, -0.2) is 51.3 Å². The number of methoxy groups -OCH3 is 1. The average Bonchev–Trinajstić information content (AvgIpc) is 3.35. The van der Waals surface area contributed by atoms with Crippen LogP contribution in [0.1, 0.15) is 0 Å². The Morgan fingerprint density at radius 1 is 1.00 bits per heavy atom. The van der Waals surface area contributed by atoms with Crippen molar-refractivity contribution in [3.05, 3.63) is 65.4 Å². The number of aromatic nitrogens is 3. The maximum atomic E-state index is 5.25. The first-order valence-electron chi connectivity index (χ1n) is 9.74. The van der Waals surface area contributed by atoms with Gasteiger partial charge in [-0.1, -0.05) is 33.2 Å². The summed E-state index contributed by atoms with van der Waals surface area (Å²) in [7, 11) is 1.69. The van der Waals surface area contributed by atoms with Gasteiger partial charge in [0.2, 0.25) is 4.86 Å². The Hall–Kier alpha value is -2.71. The summed E-state index contributed by atoms with van der Waals surface area (Å²) in [5.41, 5.74) is 2.27. The van der Waals surface area contributed by atoms with Gasteiger partial charge < -0.3 is 14.5 Å². The third kappa shape index (κ3) is 3.85. The molecular weight excluding hydrogens is 462 g/mol. The third-order valence-corrected chi connectivity index (χ3v) is 6.82. The number of fused-ring (bicyclic) bond motifs is 1. The molecule has 0 amide bonds. The minimum Gasteiger partial charge on any atom is -0.497 e. The van der Waals surface area contributed by atoms with Crippen molar-refractivity contribution in [1.82, 2.24) is 19.7 Å². The minimum absolute atomic E-state index is 0.852. The second-order valence-electron chi connectivity index (χ2n) is 7.20. The lowest BCUT2D eigenvalue weighted by molar-refractivity contribution is 0.413. The molecule has 8 heteroatoms. The maximum absolute atomic E-state index is 5.25. The first-order chi connectivity index (χ1) is 14.7. The number of hydrogen-bond acceptors (Lipinski definition) is 5. The molecule has 3 aromatic rings. The summed E-state index contributed by atoms with van der Waals surface area (Å²) in [5, 5.41) is 9.76. The van der Waals surface area contributed by atoms with Crippen LogP contribution in [0.15, 0.2) is 70.6 Å². The minimum atomic E-state index is 0.852. The van der Waals surface area contributed by atoms with Crippen LogP contribution < -0.4 is 9.64 Å². The van der Waals surface area contributed by atoms with E-state index >= 15 is 0 Å². The second-order valence-corrected chi connectivity index (χ2v) is 9.26. The number of nitrogens with zero attached hydrogens (tertiary/aromatic N) is 5. The van der Waals surface area contributed by atoms with Crippen molar-refractivity contribution in [2.24, 2.45) is 0 Å². The van der Waals surface area contributed by atoms with Gasteiger partial charge in [0.05, 0.1) is 13.7 Å². The molecule has 0 aliphatic carbocycles. The summed E-state index contributed by atoms with van der Waals surface area (Å²) in [6.45, 7) is 3.70. The van der Waals surface area contributed by atoms with E-state index in [1.807, 2.05) is 24.3 Å². The predicted octanol–water partition coefficient (Wildman–Crippen LogP) is 3.64. The SMILES string of the molecule is COc1ccc(N2C=CN(CC3=[S+]c4nnc(-c5ccc(Br)cc5)n4C3)CC2)cc1. The zero-order chi connectivity index (χ0) is 20.5. The molecule has 2 aliphatic rings. The molecule has 2 aromatic carbocycles. The molecule has 0 bridgehead atoms. The molecule has 1 aromatic heterocycles. The van der Waals surface area contributed by atoms with E-state index in [0.29, 0.717) is 0 Å². The van der Waals surface area contributed by atoms with Crippen LogP contribution in [-0.2, 0) is 17.9 Å². The van der Waals surface area contributed by atoms with E-state index in [1.54, 1.807) is 18.5 Å². The van der Waals surface area contributed by atoms with Crippen LogP contribution in [0.25, 0.3) is 11.4 Å². The third-order valence-electron chi connectivity index (χ3n) is 5.26. The molecule has 0 radical (unpaired) electrons. The highest BCUT2D eigenvalue weighted by Crippen LogP contribution is 2.24. The van der Waals surface area contributed by atoms with Gasteiger partial charge in [0.1, 0.15) is 12.3 Å². The molecule has 6 nitrogen and oxygen atoms in total. The van der Waals surface area contributed by atoms with Crippen LogP contribution in [0.2, 0.25) is 0 Å². The van der Waals surface area contributed by atoms with E-state index in [0.717, 1.165) is 52.9 Å². The molecule has 30 heavy (non-hydrogen) atoms. The Balaban J connectivity index is 1.23. The van der Waals surface area contributed by atoms with Crippen LogP contribution >= 0.6 is 15.9 Å². The van der Waals surface area contributed by atoms with Gasteiger partial charge in [0.15, 0.2) is 5.82 Å². The first-order valence-corrected chi connectivity index (χ1v) is 11.4. The van der Waals surface area contributed by atoms with Gasteiger partial charge in [0, 0.05) is 41.2 Å². The Bertz CT molecular complexity index is 1110. The number of anilines is 1. The molecule has 0 saturated carbocycles. The van der Waals surface area contributed by atoms with E-state index in [2.05, 4.69) is 77.2 Å². The van der Waals surface area contributed by atoms with Crippen LogP contribution in [0.4, 0.5) is 5.69 Å². The van der Waals surface area contributed by atoms with Crippen molar-refractivity contribution in [3.63, 3.8) is 0 Å². The fraction of sp³-hybridized carbons (Fsp3) is 0.227. The second kappa shape index (κ2) is 8.20. The molecule has 0 fully saturated rings. The van der Waals surface area contributed by atoms with E-state index < -0.39 is 0 Å². The van der Waals surface area contributed by atoms with E-state index in [1.165, 1.54) is 10.6 Å². The lowest BCUT2D eigenvalue weighted by Crippen LogP contribution is -2.37. The molecule has 152 valence electrons. The molecule has 5 rings (SSSR count). The highest BCUT2D eigenvalue weighted by molar-refractivity contribution is 9.10. The van der Waals surface area contributed by atoms with Crippen molar-refractivity contribution < 1.29 is 4.74 Å². The fourth-order valence-corrected chi connectivity index (χ4v) is 4.94. The van der Waals surface area contributed by atoms with E-state index in [-0.39, 0.29) is 0 Å². The zero-order valence-corrected chi connectivity index (χ0v) is 18.9. The summed E-state index contributed by atoms with van der Waals surface area (Å²) < 4.78 is 8.52. The Labute approximate surface area is 187 Å². The Morgan fingerprint density at radius 3 is 2.50 bits per heavy atom. The topological polar surface area (TPSA) is 46.4 Å². The van der Waals surface area contributed by atoms with Gasteiger partial charge in [0.25, 0.3) is 11.4 Å². The largest absolute Gasteiger partial charge is 0.497 e. The molecule has 0 N–H and O–H groups in total.